The van der Waals surface area contributed by atoms with Crippen molar-refractivity contribution in [3.05, 3.63) is 35.1 Å². The summed E-state index contributed by atoms with van der Waals surface area (Å²) in [5.41, 5.74) is 0.649. The number of hydrogen-bond acceptors (Lipinski definition) is 3. The lowest BCUT2D eigenvalue weighted by Crippen LogP contribution is -2.56. The molecule has 0 bridgehead atoms. The Hall–Kier alpha value is -1.26. The fourth-order valence-corrected chi connectivity index (χ4v) is 3.64. The average molecular weight is 291 g/mol. The Kier molecular flexibility index (Phi) is 4.09. The number of hydrogen-bond donors (Lipinski definition) is 0. The predicted octanol–water partition coefficient (Wildman–Crippen LogP) is 2.96. The van der Waals surface area contributed by atoms with E-state index in [4.69, 9.17) is 4.74 Å². The quantitative estimate of drug-likeness (QED) is 0.802. The Morgan fingerprint density at radius 3 is 2.52 bits per heavy atom. The zero-order chi connectivity index (χ0) is 14.9. The molecule has 0 radical (unpaired) electrons. The highest BCUT2D eigenvalue weighted by molar-refractivity contribution is 6.03. The van der Waals surface area contributed by atoms with Crippen molar-refractivity contribution in [3.63, 3.8) is 0 Å². The molecule has 0 atom stereocenters. The third-order valence-corrected chi connectivity index (χ3v) is 4.90. The summed E-state index contributed by atoms with van der Waals surface area (Å²) in [4.78, 5) is 15.3. The molecule has 1 saturated heterocycles. The molecular weight excluding hydrogens is 269 g/mol. The van der Waals surface area contributed by atoms with Crippen molar-refractivity contribution < 1.29 is 13.9 Å². The lowest BCUT2D eigenvalue weighted by atomic mass is 9.85. The number of morpholine rings is 1. The average Bonchev–Trinajstić information content (AvgIpc) is 3.01. The van der Waals surface area contributed by atoms with Gasteiger partial charge in [-0.15, -0.1) is 0 Å². The van der Waals surface area contributed by atoms with Gasteiger partial charge in [0.05, 0.1) is 18.8 Å². The van der Waals surface area contributed by atoms with Gasteiger partial charge in [0.25, 0.3) is 0 Å². The third kappa shape index (κ3) is 2.62. The van der Waals surface area contributed by atoms with E-state index in [-0.39, 0.29) is 11.6 Å². The molecule has 1 heterocycles. The molecule has 114 valence electrons. The fraction of sp³-hybridized carbons (Fsp3) is 0.588. The standard InChI is InChI=1S/C17H22FNO2/c1-13-4-5-14(12-15(13)18)16(20)17(6-2-3-7-17)19-8-10-21-11-9-19/h4-5,12H,2-3,6-11H2,1H3. The monoisotopic (exact) mass is 291 g/mol. The van der Waals surface area contributed by atoms with Crippen LogP contribution >= 0.6 is 0 Å². The minimum absolute atomic E-state index is 0.0841. The van der Waals surface area contributed by atoms with Crippen LogP contribution in [0.4, 0.5) is 4.39 Å². The second kappa shape index (κ2) is 5.85. The number of carbonyl (C=O) groups is 1. The first-order chi connectivity index (χ1) is 10.1. The number of rotatable bonds is 3. The number of ketones is 1. The summed E-state index contributed by atoms with van der Waals surface area (Å²) in [5, 5.41) is 0. The van der Waals surface area contributed by atoms with E-state index < -0.39 is 5.54 Å². The topological polar surface area (TPSA) is 29.5 Å². The highest BCUT2D eigenvalue weighted by Crippen LogP contribution is 2.38. The molecule has 1 saturated carbocycles. The maximum absolute atomic E-state index is 13.8. The smallest absolute Gasteiger partial charge is 0.183 e. The van der Waals surface area contributed by atoms with Crippen LogP contribution in [-0.4, -0.2) is 42.5 Å². The van der Waals surface area contributed by atoms with Gasteiger partial charge in [0, 0.05) is 18.7 Å². The Morgan fingerprint density at radius 2 is 1.90 bits per heavy atom. The summed E-state index contributed by atoms with van der Waals surface area (Å²) in [6.07, 6.45) is 3.89. The van der Waals surface area contributed by atoms with Crippen LogP contribution < -0.4 is 0 Å². The molecule has 1 aromatic rings. The number of ether oxygens (including phenoxy) is 1. The maximum Gasteiger partial charge on any atom is 0.183 e. The Balaban J connectivity index is 1.92. The SMILES string of the molecule is Cc1ccc(C(=O)C2(N3CCOCC3)CCCC2)cc1F. The molecule has 1 aliphatic heterocycles. The predicted molar refractivity (Wildman–Crippen MR) is 79.1 cm³/mol. The van der Waals surface area contributed by atoms with E-state index in [1.165, 1.54) is 6.07 Å². The molecule has 21 heavy (non-hydrogen) atoms. The lowest BCUT2D eigenvalue weighted by Gasteiger charge is -2.42. The number of halogens is 1. The van der Waals surface area contributed by atoms with Gasteiger partial charge in [0.1, 0.15) is 5.82 Å². The number of benzene rings is 1. The number of aryl methyl sites for hydroxylation is 1. The molecule has 1 aliphatic carbocycles. The molecule has 3 rings (SSSR count). The largest absolute Gasteiger partial charge is 0.379 e. The maximum atomic E-state index is 13.8. The molecule has 0 aromatic heterocycles. The van der Waals surface area contributed by atoms with Crippen LogP contribution in [0.2, 0.25) is 0 Å². The summed E-state index contributed by atoms with van der Waals surface area (Å²) >= 11 is 0. The van der Waals surface area contributed by atoms with E-state index in [0.29, 0.717) is 24.3 Å². The van der Waals surface area contributed by atoms with Crippen LogP contribution in [0.15, 0.2) is 18.2 Å². The van der Waals surface area contributed by atoms with Gasteiger partial charge in [0.15, 0.2) is 5.78 Å². The molecule has 0 spiro atoms. The van der Waals surface area contributed by atoms with Gasteiger partial charge in [-0.1, -0.05) is 25.0 Å². The molecule has 2 fully saturated rings. The van der Waals surface area contributed by atoms with Gasteiger partial charge in [0.2, 0.25) is 0 Å². The van der Waals surface area contributed by atoms with E-state index in [0.717, 1.165) is 38.8 Å². The molecule has 1 aromatic carbocycles. The second-order valence-electron chi connectivity index (χ2n) is 6.13. The van der Waals surface area contributed by atoms with E-state index in [9.17, 15) is 9.18 Å². The molecule has 3 nitrogen and oxygen atoms in total. The zero-order valence-corrected chi connectivity index (χ0v) is 12.5. The van der Waals surface area contributed by atoms with Gasteiger partial charge < -0.3 is 4.74 Å². The number of Topliss-reactive ketones (excluding diaryl/α,β-unsaturated/α-hetero) is 1. The first kappa shape index (κ1) is 14.7. The minimum Gasteiger partial charge on any atom is -0.379 e. The fourth-order valence-electron chi connectivity index (χ4n) is 3.64. The van der Waals surface area contributed by atoms with Crippen LogP contribution in [0, 0.1) is 12.7 Å². The summed E-state index contributed by atoms with van der Waals surface area (Å²) in [6.45, 7) is 4.66. The number of carbonyl (C=O) groups excluding carboxylic acids is 1. The summed E-state index contributed by atoms with van der Waals surface area (Å²) < 4.78 is 19.2. The van der Waals surface area contributed by atoms with Crippen molar-refractivity contribution in [1.82, 2.24) is 4.90 Å². The number of nitrogens with zero attached hydrogens (tertiary/aromatic N) is 1. The van der Waals surface area contributed by atoms with Crippen molar-refractivity contribution in [2.45, 2.75) is 38.1 Å². The van der Waals surface area contributed by atoms with Crippen LogP contribution in [0.5, 0.6) is 0 Å². The van der Waals surface area contributed by atoms with Crippen molar-refractivity contribution in [1.29, 1.82) is 0 Å². The highest BCUT2D eigenvalue weighted by atomic mass is 19.1. The molecule has 0 amide bonds. The minimum atomic E-state index is -0.439. The van der Waals surface area contributed by atoms with Gasteiger partial charge >= 0.3 is 0 Å². The molecule has 0 unspecified atom stereocenters. The van der Waals surface area contributed by atoms with Gasteiger partial charge in [-0.2, -0.15) is 0 Å². The van der Waals surface area contributed by atoms with E-state index in [1.807, 2.05) is 0 Å². The first-order valence-electron chi connectivity index (χ1n) is 7.77. The Morgan fingerprint density at radius 1 is 1.24 bits per heavy atom. The molecule has 2 aliphatic rings. The van der Waals surface area contributed by atoms with Gasteiger partial charge in [-0.05, 0) is 31.4 Å². The van der Waals surface area contributed by atoms with Crippen LogP contribution in [0.25, 0.3) is 0 Å². The Labute approximate surface area is 125 Å². The highest BCUT2D eigenvalue weighted by Gasteiger charge is 2.46. The van der Waals surface area contributed by atoms with E-state index in [1.54, 1.807) is 19.1 Å². The summed E-state index contributed by atoms with van der Waals surface area (Å²) in [5.74, 6) is -0.211. The first-order valence-corrected chi connectivity index (χ1v) is 7.77. The summed E-state index contributed by atoms with van der Waals surface area (Å²) in [6, 6.07) is 4.87. The Bertz CT molecular complexity index is 532. The van der Waals surface area contributed by atoms with Crippen LogP contribution in [0.1, 0.15) is 41.6 Å². The second-order valence-corrected chi connectivity index (χ2v) is 6.13. The van der Waals surface area contributed by atoms with Crippen LogP contribution in [-0.2, 0) is 4.74 Å². The van der Waals surface area contributed by atoms with Crippen molar-refractivity contribution in [2.75, 3.05) is 26.3 Å². The van der Waals surface area contributed by atoms with Crippen molar-refractivity contribution in [2.24, 2.45) is 0 Å². The summed E-state index contributed by atoms with van der Waals surface area (Å²) in [7, 11) is 0. The molecule has 4 heteroatoms. The van der Waals surface area contributed by atoms with Crippen LogP contribution in [0.3, 0.4) is 0 Å². The van der Waals surface area contributed by atoms with E-state index >= 15 is 0 Å². The molecular formula is C17H22FNO2. The zero-order valence-electron chi connectivity index (χ0n) is 12.5. The van der Waals surface area contributed by atoms with Crippen molar-refractivity contribution in [3.8, 4) is 0 Å². The molecule has 0 N–H and O–H groups in total. The van der Waals surface area contributed by atoms with E-state index in [2.05, 4.69) is 4.90 Å². The van der Waals surface area contributed by atoms with Gasteiger partial charge in [-0.25, -0.2) is 4.39 Å². The van der Waals surface area contributed by atoms with Crippen molar-refractivity contribution >= 4 is 5.78 Å². The third-order valence-electron chi connectivity index (χ3n) is 4.90. The lowest BCUT2D eigenvalue weighted by molar-refractivity contribution is -0.0130. The van der Waals surface area contributed by atoms with Gasteiger partial charge in [-0.3, -0.25) is 9.69 Å². The normalized spacial score (nSPS) is 22.4.